The summed E-state index contributed by atoms with van der Waals surface area (Å²) in [4.78, 5) is 53.0. The molecule has 8 heteroatoms. The Morgan fingerprint density at radius 2 is 0.611 bits per heavy atom. The van der Waals surface area contributed by atoms with Gasteiger partial charge in [0.2, 0.25) is 0 Å². The minimum atomic E-state index is -2.35. The summed E-state index contributed by atoms with van der Waals surface area (Å²) in [6.07, 6.45) is 6.93. The van der Waals surface area contributed by atoms with E-state index in [0.29, 0.717) is 25.7 Å². The molecule has 36 heavy (non-hydrogen) atoms. The fraction of sp³-hybridized carbons (Fsp3) is 0.571. The van der Waals surface area contributed by atoms with Crippen molar-refractivity contribution < 1.29 is 39.6 Å². The smallest absolute Gasteiger partial charge is 0.312 e. The van der Waals surface area contributed by atoms with Crippen molar-refractivity contribution in [2.45, 2.75) is 77.0 Å². The van der Waals surface area contributed by atoms with Gasteiger partial charge >= 0.3 is 23.9 Å². The van der Waals surface area contributed by atoms with Crippen LogP contribution in [0.15, 0.2) is 50.6 Å². The van der Waals surface area contributed by atoms with Gasteiger partial charge in [-0.15, -0.1) is 26.3 Å². The van der Waals surface area contributed by atoms with Crippen molar-refractivity contribution in [2.24, 2.45) is 21.7 Å². The Balaban J connectivity index is 4.25. The highest BCUT2D eigenvalue weighted by molar-refractivity contribution is 6.06. The van der Waals surface area contributed by atoms with Gasteiger partial charge in [-0.3, -0.25) is 19.2 Å². The zero-order chi connectivity index (χ0) is 27.6. The van der Waals surface area contributed by atoms with Crippen LogP contribution in [0, 0.1) is 21.7 Å². The zero-order valence-electron chi connectivity index (χ0n) is 21.0. The quantitative estimate of drug-likeness (QED) is 0.122. The molecule has 0 aromatic carbocycles. The first-order valence-corrected chi connectivity index (χ1v) is 12.4. The summed E-state index contributed by atoms with van der Waals surface area (Å²) < 4.78 is 0. The number of aliphatic carboxylic acids is 4. The van der Waals surface area contributed by atoms with E-state index < -0.39 is 45.5 Å². The van der Waals surface area contributed by atoms with E-state index >= 15 is 0 Å². The summed E-state index contributed by atoms with van der Waals surface area (Å²) >= 11 is 0. The molecule has 0 radical (unpaired) electrons. The van der Waals surface area contributed by atoms with Crippen LogP contribution in [-0.4, -0.2) is 44.3 Å². The van der Waals surface area contributed by atoms with E-state index in [0.717, 1.165) is 0 Å². The van der Waals surface area contributed by atoms with Crippen LogP contribution in [0.5, 0.6) is 0 Å². The zero-order valence-corrected chi connectivity index (χ0v) is 21.0. The Bertz CT molecular complexity index is 732. The number of carboxylic acid groups (broad SMARTS) is 4. The number of unbranched alkanes of at least 4 members (excludes halogenated alkanes) is 4. The lowest BCUT2D eigenvalue weighted by atomic mass is 9.21. The van der Waals surface area contributed by atoms with Gasteiger partial charge in [0.1, 0.15) is 21.7 Å². The number of allylic oxidation sites excluding steroid dienone is 4. The second-order valence-electron chi connectivity index (χ2n) is 9.57. The van der Waals surface area contributed by atoms with E-state index in [9.17, 15) is 39.6 Å². The molecule has 1 fully saturated rings. The molecule has 1 aliphatic rings. The Hall–Kier alpha value is -3.16. The highest BCUT2D eigenvalue weighted by Crippen LogP contribution is 2.84. The molecule has 0 heterocycles. The first-order valence-electron chi connectivity index (χ1n) is 12.4. The third-order valence-corrected chi connectivity index (χ3v) is 8.21. The molecule has 0 aromatic heterocycles. The first kappa shape index (κ1) is 30.9. The van der Waals surface area contributed by atoms with E-state index in [1.807, 2.05) is 0 Å². The van der Waals surface area contributed by atoms with E-state index in [1.54, 1.807) is 24.3 Å². The summed E-state index contributed by atoms with van der Waals surface area (Å²) in [5, 5.41) is 43.0. The van der Waals surface area contributed by atoms with Gasteiger partial charge in [-0.25, -0.2) is 0 Å². The molecular weight excluding hydrogens is 464 g/mol. The minimum Gasteiger partial charge on any atom is -0.481 e. The van der Waals surface area contributed by atoms with Crippen molar-refractivity contribution in [2.75, 3.05) is 0 Å². The van der Waals surface area contributed by atoms with Crippen molar-refractivity contribution in [3.05, 3.63) is 50.6 Å². The summed E-state index contributed by atoms with van der Waals surface area (Å²) in [6, 6.07) is 0. The molecule has 0 aromatic rings. The van der Waals surface area contributed by atoms with Gasteiger partial charge in [0.15, 0.2) is 0 Å². The fourth-order valence-electron chi connectivity index (χ4n) is 7.04. The molecule has 0 spiro atoms. The molecule has 1 aliphatic carbocycles. The number of carbonyl (C=O) groups is 4. The number of rotatable bonds is 20. The minimum absolute atomic E-state index is 0.158. The molecular formula is C28H40O8. The molecule has 0 unspecified atom stereocenters. The van der Waals surface area contributed by atoms with Crippen molar-refractivity contribution >= 4 is 23.9 Å². The SMILES string of the molecule is C=CCCCC1(C(=O)O)C(CCCC=C)(C(=O)O)C(CCCC=C)(C(=O)O)C1(CCCC=C)C(=O)O. The van der Waals surface area contributed by atoms with Crippen LogP contribution in [0.1, 0.15) is 77.0 Å². The van der Waals surface area contributed by atoms with Crippen molar-refractivity contribution in [1.82, 2.24) is 0 Å². The number of hydrogen-bond donors (Lipinski definition) is 4. The maximum atomic E-state index is 13.2. The number of hydrogen-bond acceptors (Lipinski definition) is 4. The molecule has 0 aliphatic heterocycles. The highest BCUT2D eigenvalue weighted by atomic mass is 16.4. The van der Waals surface area contributed by atoms with Gasteiger partial charge < -0.3 is 20.4 Å². The van der Waals surface area contributed by atoms with Crippen LogP contribution in [0.4, 0.5) is 0 Å². The molecule has 0 amide bonds. The van der Waals surface area contributed by atoms with Gasteiger partial charge in [-0.1, -0.05) is 24.3 Å². The third-order valence-electron chi connectivity index (χ3n) is 8.21. The second kappa shape index (κ2) is 12.7. The molecule has 1 rings (SSSR count). The summed E-state index contributed by atoms with van der Waals surface area (Å²) in [7, 11) is 0. The molecule has 0 atom stereocenters. The van der Waals surface area contributed by atoms with Gasteiger partial charge in [0.05, 0.1) is 0 Å². The molecule has 4 N–H and O–H groups in total. The molecule has 200 valence electrons. The summed E-state index contributed by atoms with van der Waals surface area (Å²) in [5.74, 6) is -6.35. The molecule has 0 bridgehead atoms. The molecule has 0 saturated heterocycles. The largest absolute Gasteiger partial charge is 0.481 e. The van der Waals surface area contributed by atoms with Crippen LogP contribution < -0.4 is 0 Å². The van der Waals surface area contributed by atoms with Crippen LogP contribution in [0.2, 0.25) is 0 Å². The van der Waals surface area contributed by atoms with Crippen molar-refractivity contribution in [1.29, 1.82) is 0 Å². The first-order chi connectivity index (χ1) is 17.0. The van der Waals surface area contributed by atoms with Gasteiger partial charge in [-0.05, 0) is 77.0 Å². The van der Waals surface area contributed by atoms with Crippen LogP contribution in [-0.2, 0) is 19.2 Å². The monoisotopic (exact) mass is 504 g/mol. The second-order valence-corrected chi connectivity index (χ2v) is 9.57. The Labute approximate surface area is 213 Å². The number of carboxylic acids is 4. The van der Waals surface area contributed by atoms with Gasteiger partial charge in [0, 0.05) is 0 Å². The van der Waals surface area contributed by atoms with E-state index in [1.165, 1.54) is 0 Å². The molecule has 8 nitrogen and oxygen atoms in total. The Kier molecular flexibility index (Phi) is 10.9. The molecule has 1 saturated carbocycles. The maximum Gasteiger partial charge on any atom is 0.312 e. The average Bonchev–Trinajstić information content (AvgIpc) is 2.80. The topological polar surface area (TPSA) is 149 Å². The maximum absolute atomic E-state index is 13.2. The summed E-state index contributed by atoms with van der Waals surface area (Å²) in [6.45, 7) is 14.5. The lowest BCUT2D eigenvalue weighted by molar-refractivity contribution is -0.323. The third kappa shape index (κ3) is 4.20. The van der Waals surface area contributed by atoms with E-state index in [2.05, 4.69) is 26.3 Å². The van der Waals surface area contributed by atoms with E-state index in [-0.39, 0.29) is 51.4 Å². The normalized spacial score (nSPS) is 28.9. The lowest BCUT2D eigenvalue weighted by Gasteiger charge is -2.75. The van der Waals surface area contributed by atoms with Crippen LogP contribution >= 0.6 is 0 Å². The van der Waals surface area contributed by atoms with Gasteiger partial charge in [-0.2, -0.15) is 0 Å². The lowest BCUT2D eigenvalue weighted by Crippen LogP contribution is -2.87. The van der Waals surface area contributed by atoms with Crippen LogP contribution in [0.25, 0.3) is 0 Å². The average molecular weight is 505 g/mol. The predicted octanol–water partition coefficient (Wildman–Crippen LogP) is 5.71. The van der Waals surface area contributed by atoms with Crippen molar-refractivity contribution in [3.63, 3.8) is 0 Å². The van der Waals surface area contributed by atoms with E-state index in [4.69, 9.17) is 0 Å². The Morgan fingerprint density at radius 3 is 0.722 bits per heavy atom. The highest BCUT2D eigenvalue weighted by Gasteiger charge is 2.96. The standard InChI is InChI=1S/C28H40O8/c1-5-9-13-17-25(21(29)30)26(22(31)32,18-14-10-6-2)28(24(35)36,20-16-12-8-4)27(25,23(33)34)19-15-11-7-3/h5-8H,1-4,9-20H2,(H,29,30)(H,31,32)(H,33,34)(H,35,36). The fourth-order valence-corrected chi connectivity index (χ4v) is 7.04. The van der Waals surface area contributed by atoms with Crippen LogP contribution in [0.3, 0.4) is 0 Å². The Morgan fingerprint density at radius 1 is 0.444 bits per heavy atom. The van der Waals surface area contributed by atoms with Gasteiger partial charge in [0.25, 0.3) is 0 Å². The van der Waals surface area contributed by atoms with Crippen molar-refractivity contribution in [3.8, 4) is 0 Å². The predicted molar refractivity (Wildman–Crippen MR) is 136 cm³/mol. The summed E-state index contributed by atoms with van der Waals surface area (Å²) in [5.41, 5.74) is -9.41.